The summed E-state index contributed by atoms with van der Waals surface area (Å²) in [6.07, 6.45) is 1.47. The minimum absolute atomic E-state index is 0.0187. The number of anilines is 2. The Bertz CT molecular complexity index is 1540. The molecule has 0 unspecified atom stereocenters. The highest BCUT2D eigenvalue weighted by Crippen LogP contribution is 2.41. The van der Waals surface area contributed by atoms with E-state index in [1.54, 1.807) is 25.3 Å². The third-order valence-corrected chi connectivity index (χ3v) is 8.47. The zero-order chi connectivity index (χ0) is 36.6. The molecule has 0 spiro atoms. The van der Waals surface area contributed by atoms with E-state index < -0.39 is 30.9 Å². The van der Waals surface area contributed by atoms with Crippen LogP contribution in [0.25, 0.3) is 11.3 Å². The minimum atomic E-state index is -2.61. The Morgan fingerprint density at radius 1 is 0.902 bits per heavy atom. The number of halogens is 2. The standard InChI is InChI=1S/C36H46F2N4O9/c1-4-46-13-14-47-15-16-48-17-18-49-35(44)51-23-50-34(43)25-5-8-28(9-6-25)36(3,45)30-10-7-27(22-40-30)29-19-24(2)20-32(41-29)42-31-21-26(33(37)38)11-12-39-31/h7,10-12,19-22,25,28,33,45H,4-6,8-9,13-18,23H2,1-3H3,(H,39,41,42)/t25?,28?,36-/m1/s1. The molecule has 4 rings (SSSR count). The lowest BCUT2D eigenvalue weighted by atomic mass is 9.73. The molecule has 0 aromatic carbocycles. The van der Waals surface area contributed by atoms with Gasteiger partial charge < -0.3 is 38.8 Å². The Kier molecular flexibility index (Phi) is 15.4. The van der Waals surface area contributed by atoms with Crippen LogP contribution in [0.5, 0.6) is 0 Å². The maximum absolute atomic E-state index is 13.1. The number of alkyl halides is 2. The van der Waals surface area contributed by atoms with E-state index in [9.17, 15) is 23.5 Å². The molecule has 15 heteroatoms. The van der Waals surface area contributed by atoms with Gasteiger partial charge in [0.25, 0.3) is 6.43 Å². The second-order valence-corrected chi connectivity index (χ2v) is 12.2. The summed E-state index contributed by atoms with van der Waals surface area (Å²) in [5.74, 6) is -0.330. The highest BCUT2D eigenvalue weighted by molar-refractivity contribution is 5.72. The number of rotatable bonds is 19. The lowest BCUT2D eigenvalue weighted by Crippen LogP contribution is -2.37. The summed E-state index contributed by atoms with van der Waals surface area (Å²) in [4.78, 5) is 37.6. The van der Waals surface area contributed by atoms with Gasteiger partial charge in [0.2, 0.25) is 6.79 Å². The second-order valence-electron chi connectivity index (χ2n) is 12.2. The average molecular weight is 717 g/mol. The Hall–Kier alpha value is -4.31. The van der Waals surface area contributed by atoms with Crippen molar-refractivity contribution in [3.05, 3.63) is 65.6 Å². The quantitative estimate of drug-likeness (QED) is 0.0813. The number of nitrogens with one attached hydrogen (secondary N) is 1. The molecule has 0 bridgehead atoms. The van der Waals surface area contributed by atoms with Gasteiger partial charge in [-0.05, 0) is 94.3 Å². The maximum atomic E-state index is 13.1. The Morgan fingerprint density at radius 2 is 1.61 bits per heavy atom. The number of aliphatic hydroxyl groups is 1. The molecular weight excluding hydrogens is 670 g/mol. The van der Waals surface area contributed by atoms with E-state index in [-0.39, 0.29) is 36.4 Å². The van der Waals surface area contributed by atoms with E-state index in [0.29, 0.717) is 81.5 Å². The van der Waals surface area contributed by atoms with Crippen LogP contribution in [0, 0.1) is 18.8 Å². The van der Waals surface area contributed by atoms with Gasteiger partial charge in [-0.1, -0.05) is 0 Å². The summed E-state index contributed by atoms with van der Waals surface area (Å²) in [5, 5.41) is 14.5. The van der Waals surface area contributed by atoms with Crippen LogP contribution in [0.1, 0.15) is 62.8 Å². The zero-order valence-corrected chi connectivity index (χ0v) is 29.1. The number of nitrogens with zero attached hydrogens (tertiary/aromatic N) is 3. The summed E-state index contributed by atoms with van der Waals surface area (Å²) < 4.78 is 56.9. The fourth-order valence-corrected chi connectivity index (χ4v) is 5.67. The Balaban J connectivity index is 1.18. The lowest BCUT2D eigenvalue weighted by molar-refractivity contribution is -0.160. The van der Waals surface area contributed by atoms with Gasteiger partial charge in [-0.15, -0.1) is 0 Å². The van der Waals surface area contributed by atoms with Crippen LogP contribution >= 0.6 is 0 Å². The van der Waals surface area contributed by atoms with Gasteiger partial charge in [-0.25, -0.2) is 23.5 Å². The van der Waals surface area contributed by atoms with Crippen molar-refractivity contribution in [2.75, 3.05) is 58.4 Å². The number of hydrogen-bond acceptors (Lipinski definition) is 13. The van der Waals surface area contributed by atoms with Crippen LogP contribution in [0.3, 0.4) is 0 Å². The second kappa shape index (κ2) is 19.9. The van der Waals surface area contributed by atoms with Crippen molar-refractivity contribution >= 4 is 23.8 Å². The third-order valence-electron chi connectivity index (χ3n) is 8.47. The lowest BCUT2D eigenvalue weighted by Gasteiger charge is -2.37. The molecule has 0 amide bonds. The first-order valence-electron chi connectivity index (χ1n) is 16.9. The number of carbonyl (C=O) groups is 2. The van der Waals surface area contributed by atoms with Gasteiger partial charge in [-0.2, -0.15) is 0 Å². The van der Waals surface area contributed by atoms with Crippen molar-refractivity contribution in [3.8, 4) is 11.3 Å². The van der Waals surface area contributed by atoms with Gasteiger partial charge in [0, 0.05) is 30.1 Å². The van der Waals surface area contributed by atoms with E-state index in [2.05, 4.69) is 20.3 Å². The molecule has 1 atom stereocenters. The third kappa shape index (κ3) is 12.5. The largest absolute Gasteiger partial charge is 0.511 e. The van der Waals surface area contributed by atoms with Crippen LogP contribution in [-0.2, 0) is 38.8 Å². The van der Waals surface area contributed by atoms with E-state index in [0.717, 1.165) is 5.56 Å². The molecule has 13 nitrogen and oxygen atoms in total. The van der Waals surface area contributed by atoms with Gasteiger partial charge in [-0.3, -0.25) is 9.78 Å². The molecule has 0 radical (unpaired) electrons. The van der Waals surface area contributed by atoms with Crippen LogP contribution in [-0.4, -0.2) is 85.2 Å². The summed E-state index contributed by atoms with van der Waals surface area (Å²) in [6.45, 7) is 7.50. The van der Waals surface area contributed by atoms with Crippen molar-refractivity contribution in [3.63, 3.8) is 0 Å². The molecule has 3 heterocycles. The fraction of sp³-hybridized carbons (Fsp3) is 0.528. The zero-order valence-electron chi connectivity index (χ0n) is 29.1. The van der Waals surface area contributed by atoms with Gasteiger partial charge >= 0.3 is 12.1 Å². The molecular formula is C36H46F2N4O9. The molecule has 3 aromatic rings. The number of hydrogen-bond donors (Lipinski definition) is 2. The Labute approximate surface area is 296 Å². The SMILES string of the molecule is CCOCCOCCOCCOC(=O)OCOC(=O)C1CCC([C@@](C)(O)c2ccc(-c3cc(C)cc(Nc4cc(C(F)F)ccn4)n3)cn2)CC1. The van der Waals surface area contributed by atoms with Crippen molar-refractivity contribution in [1.29, 1.82) is 0 Å². The van der Waals surface area contributed by atoms with E-state index >= 15 is 0 Å². The van der Waals surface area contributed by atoms with Gasteiger partial charge in [0.05, 0.1) is 50.3 Å². The topological polar surface area (TPSA) is 160 Å². The molecule has 278 valence electrons. The van der Waals surface area contributed by atoms with Crippen molar-refractivity contribution < 1.29 is 51.9 Å². The minimum Gasteiger partial charge on any atom is -0.432 e. The van der Waals surface area contributed by atoms with Gasteiger partial charge in [0.1, 0.15) is 23.8 Å². The number of aryl methyl sites for hydroxylation is 1. The van der Waals surface area contributed by atoms with Crippen LogP contribution in [0.4, 0.5) is 25.2 Å². The van der Waals surface area contributed by atoms with Crippen molar-refractivity contribution in [2.45, 2.75) is 58.5 Å². The highest BCUT2D eigenvalue weighted by atomic mass is 19.3. The molecule has 0 saturated heterocycles. The monoisotopic (exact) mass is 716 g/mol. The van der Waals surface area contributed by atoms with E-state index in [1.165, 1.54) is 18.3 Å². The molecule has 1 aliphatic carbocycles. The number of esters is 1. The normalized spacial score (nSPS) is 17.1. The van der Waals surface area contributed by atoms with Gasteiger partial charge in [0.15, 0.2) is 0 Å². The van der Waals surface area contributed by atoms with Crippen LogP contribution in [0.15, 0.2) is 48.8 Å². The van der Waals surface area contributed by atoms with E-state index in [4.69, 9.17) is 28.4 Å². The van der Waals surface area contributed by atoms with Crippen molar-refractivity contribution in [1.82, 2.24) is 15.0 Å². The fourth-order valence-electron chi connectivity index (χ4n) is 5.67. The highest BCUT2D eigenvalue weighted by Gasteiger charge is 2.39. The molecule has 2 N–H and O–H groups in total. The number of pyridine rings is 3. The number of aromatic nitrogens is 3. The molecule has 0 aliphatic heterocycles. The molecule has 1 aliphatic rings. The van der Waals surface area contributed by atoms with Crippen LogP contribution < -0.4 is 5.32 Å². The van der Waals surface area contributed by atoms with E-state index in [1.807, 2.05) is 26.0 Å². The first-order valence-corrected chi connectivity index (χ1v) is 16.9. The number of ether oxygens (including phenoxy) is 6. The summed E-state index contributed by atoms with van der Waals surface area (Å²) in [6, 6.07) is 9.77. The predicted octanol–water partition coefficient (Wildman–Crippen LogP) is 6.27. The van der Waals surface area contributed by atoms with Crippen molar-refractivity contribution in [2.24, 2.45) is 11.8 Å². The first kappa shape index (κ1) is 39.5. The number of carbonyl (C=O) groups excluding carboxylic acids is 2. The predicted molar refractivity (Wildman–Crippen MR) is 181 cm³/mol. The maximum Gasteiger partial charge on any atom is 0.511 e. The average Bonchev–Trinajstić information content (AvgIpc) is 3.12. The van der Waals surface area contributed by atoms with Crippen LogP contribution in [0.2, 0.25) is 0 Å². The molecule has 1 fully saturated rings. The molecule has 1 saturated carbocycles. The smallest absolute Gasteiger partial charge is 0.432 e. The first-order chi connectivity index (χ1) is 24.6. The summed E-state index contributed by atoms with van der Waals surface area (Å²) >= 11 is 0. The summed E-state index contributed by atoms with van der Waals surface area (Å²) in [7, 11) is 0. The Morgan fingerprint density at radius 3 is 2.27 bits per heavy atom. The molecule has 3 aromatic heterocycles. The summed E-state index contributed by atoms with van der Waals surface area (Å²) in [5.41, 5.74) is 1.29. The molecule has 51 heavy (non-hydrogen) atoms.